The van der Waals surface area contributed by atoms with Crippen molar-refractivity contribution in [3.63, 3.8) is 0 Å². The van der Waals surface area contributed by atoms with E-state index in [0.29, 0.717) is 6.42 Å². The van der Waals surface area contributed by atoms with E-state index in [0.717, 1.165) is 0 Å². The predicted octanol–water partition coefficient (Wildman–Crippen LogP) is 0.905. The van der Waals surface area contributed by atoms with Crippen LogP contribution in [0.25, 0.3) is 0 Å². The van der Waals surface area contributed by atoms with Crippen LogP contribution in [-0.2, 0) is 9.53 Å². The molecule has 0 aliphatic carbocycles. The Kier molecular flexibility index (Phi) is 4.70. The molecule has 0 spiro atoms. The first-order valence-electron chi connectivity index (χ1n) is 4.53. The number of quaternary nitrogens is 1. The average molecular weight is 186 g/mol. The molecule has 0 unspecified atom stereocenters. The van der Waals surface area contributed by atoms with Crippen LogP contribution >= 0.6 is 0 Å². The Morgan fingerprint density at radius 3 is 2.46 bits per heavy atom. The van der Waals surface area contributed by atoms with Gasteiger partial charge in [0.1, 0.15) is 18.1 Å². The lowest BCUT2D eigenvalue weighted by atomic mass is 10.1. The fraction of sp³-hybridized carbons (Fsp3) is 0.700. The van der Waals surface area contributed by atoms with Gasteiger partial charge in [0.25, 0.3) is 0 Å². The van der Waals surface area contributed by atoms with Gasteiger partial charge < -0.3 is 10.5 Å². The Labute approximate surface area is 79.9 Å². The van der Waals surface area contributed by atoms with E-state index in [9.17, 15) is 4.79 Å². The summed E-state index contributed by atoms with van der Waals surface area (Å²) in [5, 5.41) is 0. The molecule has 0 saturated heterocycles. The van der Waals surface area contributed by atoms with E-state index in [-0.39, 0.29) is 12.0 Å². The Morgan fingerprint density at radius 1 is 1.54 bits per heavy atom. The summed E-state index contributed by atoms with van der Waals surface area (Å²) in [4.78, 5) is 11.2. The molecule has 1 atom stereocenters. The molecule has 0 aromatic heterocycles. The normalized spacial score (nSPS) is 14.5. The molecule has 3 N–H and O–H groups in total. The molecule has 0 aromatic rings. The van der Waals surface area contributed by atoms with E-state index in [1.807, 2.05) is 39.8 Å². The first kappa shape index (κ1) is 12.2. The highest BCUT2D eigenvalue weighted by atomic mass is 16.6. The number of carbonyl (C=O) groups is 1. The van der Waals surface area contributed by atoms with Crippen molar-refractivity contribution in [3.8, 4) is 0 Å². The molecular weight excluding hydrogens is 166 g/mol. The summed E-state index contributed by atoms with van der Waals surface area (Å²) < 4.78 is 5.14. The number of allylic oxidation sites excluding steroid dienone is 1. The van der Waals surface area contributed by atoms with Crippen LogP contribution in [0.4, 0.5) is 0 Å². The fourth-order valence-electron chi connectivity index (χ4n) is 0.937. The second-order valence-electron chi connectivity index (χ2n) is 4.08. The standard InChI is InChI=1S/C10H19NO2/c1-5-6-8(11)7-9(12)13-10(2,3)4/h5-6,8H,7,11H2,1-4H3/p+1/t8-/m1/s1. The zero-order chi connectivity index (χ0) is 10.5. The number of esters is 1. The van der Waals surface area contributed by atoms with Gasteiger partial charge in [-0.15, -0.1) is 0 Å². The van der Waals surface area contributed by atoms with Crippen molar-refractivity contribution < 1.29 is 15.3 Å². The smallest absolute Gasteiger partial charge is 0.312 e. The number of hydrogen-bond acceptors (Lipinski definition) is 2. The fourth-order valence-corrected chi connectivity index (χ4v) is 0.937. The highest BCUT2D eigenvalue weighted by Crippen LogP contribution is 2.08. The molecule has 0 aliphatic rings. The number of ether oxygens (including phenoxy) is 1. The molecule has 0 aliphatic heterocycles. The number of carbonyl (C=O) groups excluding carboxylic acids is 1. The summed E-state index contributed by atoms with van der Waals surface area (Å²) in [6, 6.07) is 0.0137. The lowest BCUT2D eigenvalue weighted by Crippen LogP contribution is -2.60. The molecule has 3 nitrogen and oxygen atoms in total. The van der Waals surface area contributed by atoms with Crippen LogP contribution in [0.1, 0.15) is 34.1 Å². The molecule has 0 radical (unpaired) electrons. The van der Waals surface area contributed by atoms with Gasteiger partial charge in [-0.2, -0.15) is 0 Å². The predicted molar refractivity (Wildman–Crippen MR) is 52.0 cm³/mol. The van der Waals surface area contributed by atoms with Crippen LogP contribution in [0, 0.1) is 0 Å². The van der Waals surface area contributed by atoms with Crippen molar-refractivity contribution in [2.45, 2.75) is 45.8 Å². The molecule has 0 bridgehead atoms. The van der Waals surface area contributed by atoms with Gasteiger partial charge >= 0.3 is 5.97 Å². The van der Waals surface area contributed by atoms with E-state index in [4.69, 9.17) is 4.74 Å². The molecule has 3 heteroatoms. The van der Waals surface area contributed by atoms with Crippen LogP contribution in [0.3, 0.4) is 0 Å². The average Bonchev–Trinajstić information content (AvgIpc) is 1.81. The first-order valence-corrected chi connectivity index (χ1v) is 4.53. The van der Waals surface area contributed by atoms with E-state index < -0.39 is 5.60 Å². The zero-order valence-corrected chi connectivity index (χ0v) is 8.96. The summed E-state index contributed by atoms with van der Waals surface area (Å²) >= 11 is 0. The minimum absolute atomic E-state index is 0.0137. The first-order chi connectivity index (χ1) is 5.85. The van der Waals surface area contributed by atoms with Gasteiger partial charge in [0.15, 0.2) is 0 Å². The third-order valence-electron chi connectivity index (χ3n) is 1.31. The van der Waals surface area contributed by atoms with Gasteiger partial charge in [0.2, 0.25) is 0 Å². The lowest BCUT2D eigenvalue weighted by Gasteiger charge is -2.19. The third kappa shape index (κ3) is 7.53. The topological polar surface area (TPSA) is 53.9 Å². The van der Waals surface area contributed by atoms with E-state index in [1.165, 1.54) is 0 Å². The maximum absolute atomic E-state index is 11.2. The van der Waals surface area contributed by atoms with Crippen molar-refractivity contribution in [3.05, 3.63) is 12.2 Å². The molecular formula is C10H20NO2+. The lowest BCUT2D eigenvalue weighted by molar-refractivity contribution is -0.402. The molecule has 0 fully saturated rings. The van der Waals surface area contributed by atoms with Crippen LogP contribution < -0.4 is 5.73 Å². The molecule has 0 aromatic carbocycles. The Hall–Kier alpha value is -0.830. The van der Waals surface area contributed by atoms with Gasteiger partial charge in [-0.25, -0.2) is 0 Å². The zero-order valence-electron chi connectivity index (χ0n) is 8.96. The van der Waals surface area contributed by atoms with Gasteiger partial charge in [-0.05, 0) is 33.8 Å². The number of hydrogen-bond donors (Lipinski definition) is 1. The maximum Gasteiger partial charge on any atom is 0.312 e. The van der Waals surface area contributed by atoms with Gasteiger partial charge in [-0.1, -0.05) is 6.08 Å². The van der Waals surface area contributed by atoms with Crippen LogP contribution in [0.2, 0.25) is 0 Å². The molecule has 0 saturated carbocycles. The number of rotatable bonds is 3. The highest BCUT2D eigenvalue weighted by Gasteiger charge is 2.18. The summed E-state index contributed by atoms with van der Waals surface area (Å²) in [6.45, 7) is 7.49. The summed E-state index contributed by atoms with van der Waals surface area (Å²) in [7, 11) is 0. The van der Waals surface area contributed by atoms with E-state index in [1.54, 1.807) is 0 Å². The van der Waals surface area contributed by atoms with Crippen LogP contribution in [0.15, 0.2) is 12.2 Å². The van der Waals surface area contributed by atoms with Crippen molar-refractivity contribution in [1.82, 2.24) is 0 Å². The van der Waals surface area contributed by atoms with Gasteiger partial charge in [0, 0.05) is 0 Å². The SMILES string of the molecule is CC=C[C@@H]([NH3+])CC(=O)OC(C)(C)C. The molecule has 13 heavy (non-hydrogen) atoms. The van der Waals surface area contributed by atoms with Crippen molar-refractivity contribution in [2.24, 2.45) is 0 Å². The van der Waals surface area contributed by atoms with Crippen molar-refractivity contribution in [1.29, 1.82) is 0 Å². The van der Waals surface area contributed by atoms with Crippen LogP contribution in [-0.4, -0.2) is 17.6 Å². The second kappa shape index (κ2) is 5.02. The van der Waals surface area contributed by atoms with Crippen molar-refractivity contribution in [2.75, 3.05) is 0 Å². The van der Waals surface area contributed by atoms with E-state index >= 15 is 0 Å². The minimum atomic E-state index is -0.396. The largest absolute Gasteiger partial charge is 0.460 e. The Morgan fingerprint density at radius 2 is 2.08 bits per heavy atom. The second-order valence-corrected chi connectivity index (χ2v) is 4.08. The maximum atomic E-state index is 11.2. The molecule has 0 heterocycles. The Balaban J connectivity index is 3.88. The quantitative estimate of drug-likeness (QED) is 0.526. The summed E-state index contributed by atoms with van der Waals surface area (Å²) in [5.41, 5.74) is 3.41. The molecule has 0 amide bonds. The third-order valence-corrected chi connectivity index (χ3v) is 1.31. The summed E-state index contributed by atoms with van der Waals surface area (Å²) in [5.74, 6) is -0.189. The van der Waals surface area contributed by atoms with E-state index in [2.05, 4.69) is 5.73 Å². The highest BCUT2D eigenvalue weighted by molar-refractivity contribution is 5.70. The van der Waals surface area contributed by atoms with Crippen molar-refractivity contribution >= 4 is 5.97 Å². The van der Waals surface area contributed by atoms with Crippen LogP contribution in [0.5, 0.6) is 0 Å². The van der Waals surface area contributed by atoms with Gasteiger partial charge in [-0.3, -0.25) is 4.79 Å². The minimum Gasteiger partial charge on any atom is -0.460 e. The van der Waals surface area contributed by atoms with Gasteiger partial charge in [0.05, 0.1) is 0 Å². The monoisotopic (exact) mass is 186 g/mol. The summed E-state index contributed by atoms with van der Waals surface area (Å²) in [6.07, 6.45) is 4.13. The Bertz CT molecular complexity index is 192. The molecule has 76 valence electrons. The molecule has 0 rings (SSSR count).